The molecule has 2 unspecified atom stereocenters. The van der Waals surface area contributed by atoms with Gasteiger partial charge in [-0.3, -0.25) is 14.5 Å². The van der Waals surface area contributed by atoms with Gasteiger partial charge in [0.15, 0.2) is 0 Å². The van der Waals surface area contributed by atoms with E-state index in [-0.39, 0.29) is 30.3 Å². The highest BCUT2D eigenvalue weighted by molar-refractivity contribution is 6.09. The number of nitrogens with one attached hydrogen (secondary N) is 3. The molecule has 7 heteroatoms. The van der Waals surface area contributed by atoms with Crippen molar-refractivity contribution < 1.29 is 14.4 Å². The number of imide groups is 1. The minimum atomic E-state index is -0.816. The van der Waals surface area contributed by atoms with Crippen LogP contribution >= 0.6 is 0 Å². The number of piperidine rings is 1. The zero-order chi connectivity index (χ0) is 15.0. The van der Waals surface area contributed by atoms with E-state index in [4.69, 9.17) is 0 Å². The predicted octanol–water partition coefficient (Wildman–Crippen LogP) is -0.425. The van der Waals surface area contributed by atoms with Crippen molar-refractivity contribution in [3.8, 4) is 0 Å². The van der Waals surface area contributed by atoms with Crippen molar-refractivity contribution in [3.05, 3.63) is 0 Å². The van der Waals surface area contributed by atoms with E-state index in [0.717, 1.165) is 43.7 Å². The molecule has 0 aromatic carbocycles. The highest BCUT2D eigenvalue weighted by atomic mass is 16.2. The molecule has 4 amide bonds. The second-order valence-electron chi connectivity index (χ2n) is 6.41. The summed E-state index contributed by atoms with van der Waals surface area (Å²) in [5, 5.41) is 8.84. The Morgan fingerprint density at radius 1 is 1.38 bits per heavy atom. The van der Waals surface area contributed by atoms with Gasteiger partial charge in [-0.2, -0.15) is 0 Å². The molecule has 21 heavy (non-hydrogen) atoms. The zero-order valence-electron chi connectivity index (χ0n) is 12.3. The summed E-state index contributed by atoms with van der Waals surface area (Å²) in [6.45, 7) is 3.28. The summed E-state index contributed by atoms with van der Waals surface area (Å²) in [7, 11) is 0. The molecular formula is C14H22N4O3. The van der Waals surface area contributed by atoms with Crippen LogP contribution in [0.5, 0.6) is 0 Å². The molecular weight excluding hydrogens is 272 g/mol. The third kappa shape index (κ3) is 2.74. The number of carbonyl (C=O) groups excluding carboxylic acids is 3. The Hall–Kier alpha value is -1.63. The molecule has 7 nitrogen and oxygen atoms in total. The largest absolute Gasteiger partial charge is 0.351 e. The number of nitrogens with zero attached hydrogens (tertiary/aromatic N) is 1. The zero-order valence-corrected chi connectivity index (χ0v) is 12.3. The van der Waals surface area contributed by atoms with Crippen LogP contribution in [0.2, 0.25) is 0 Å². The minimum absolute atomic E-state index is 0.0850. The first-order valence-corrected chi connectivity index (χ1v) is 7.65. The van der Waals surface area contributed by atoms with Crippen molar-refractivity contribution in [2.75, 3.05) is 19.6 Å². The summed E-state index contributed by atoms with van der Waals surface area (Å²) in [4.78, 5) is 37.4. The molecule has 2 aliphatic heterocycles. The minimum Gasteiger partial charge on any atom is -0.351 e. The van der Waals surface area contributed by atoms with Crippen LogP contribution in [-0.4, -0.2) is 54.0 Å². The van der Waals surface area contributed by atoms with Gasteiger partial charge in [-0.25, -0.2) is 4.79 Å². The van der Waals surface area contributed by atoms with Gasteiger partial charge < -0.3 is 16.0 Å². The molecule has 1 saturated carbocycles. The van der Waals surface area contributed by atoms with Crippen LogP contribution in [-0.2, 0) is 9.59 Å². The highest BCUT2D eigenvalue weighted by Crippen LogP contribution is 2.42. The molecule has 0 radical (unpaired) electrons. The van der Waals surface area contributed by atoms with Gasteiger partial charge in [-0.05, 0) is 45.1 Å². The van der Waals surface area contributed by atoms with Gasteiger partial charge in [0.2, 0.25) is 5.91 Å². The van der Waals surface area contributed by atoms with E-state index in [1.807, 2.05) is 0 Å². The fourth-order valence-corrected chi connectivity index (χ4v) is 3.19. The third-order valence-corrected chi connectivity index (χ3v) is 4.66. The fourth-order valence-electron chi connectivity index (χ4n) is 3.19. The van der Waals surface area contributed by atoms with E-state index < -0.39 is 11.6 Å². The molecule has 3 N–H and O–H groups in total. The van der Waals surface area contributed by atoms with E-state index in [0.29, 0.717) is 0 Å². The van der Waals surface area contributed by atoms with Crippen LogP contribution in [0, 0.1) is 5.92 Å². The van der Waals surface area contributed by atoms with E-state index in [1.165, 1.54) is 0 Å². The highest BCUT2D eigenvalue weighted by Gasteiger charge is 2.56. The molecule has 0 aromatic rings. The molecule has 3 aliphatic rings. The van der Waals surface area contributed by atoms with Crippen molar-refractivity contribution in [1.82, 2.24) is 20.9 Å². The molecule has 2 heterocycles. The van der Waals surface area contributed by atoms with Gasteiger partial charge in [-0.15, -0.1) is 0 Å². The van der Waals surface area contributed by atoms with Crippen LogP contribution in [0.3, 0.4) is 0 Å². The van der Waals surface area contributed by atoms with Crippen LogP contribution in [0.15, 0.2) is 0 Å². The second-order valence-corrected chi connectivity index (χ2v) is 6.41. The Morgan fingerprint density at radius 2 is 2.14 bits per heavy atom. The maximum atomic E-state index is 12.4. The van der Waals surface area contributed by atoms with Crippen LogP contribution in [0.25, 0.3) is 0 Å². The SMILES string of the molecule is CC1(C2CC2)NC(=O)N(CC(=O)NC2CCCNC2)C1=O. The molecule has 116 valence electrons. The Bertz CT molecular complexity index is 471. The lowest BCUT2D eigenvalue weighted by Crippen LogP contribution is -2.50. The molecule has 1 aliphatic carbocycles. The van der Waals surface area contributed by atoms with Gasteiger partial charge in [-0.1, -0.05) is 0 Å². The summed E-state index contributed by atoms with van der Waals surface area (Å²) in [5.41, 5.74) is -0.816. The van der Waals surface area contributed by atoms with E-state index >= 15 is 0 Å². The predicted molar refractivity (Wildman–Crippen MR) is 75.4 cm³/mol. The molecule has 2 atom stereocenters. The Morgan fingerprint density at radius 3 is 2.76 bits per heavy atom. The number of urea groups is 1. The molecule has 0 aromatic heterocycles. The lowest BCUT2D eigenvalue weighted by molar-refractivity contribution is -0.135. The lowest BCUT2D eigenvalue weighted by Gasteiger charge is -2.25. The number of amides is 4. The first-order chi connectivity index (χ1) is 10.0. The van der Waals surface area contributed by atoms with Crippen molar-refractivity contribution in [2.45, 2.75) is 44.2 Å². The normalized spacial score (nSPS) is 33.0. The van der Waals surface area contributed by atoms with E-state index in [2.05, 4.69) is 16.0 Å². The second kappa shape index (κ2) is 5.29. The molecule has 3 fully saturated rings. The van der Waals surface area contributed by atoms with Crippen LogP contribution in [0.4, 0.5) is 4.79 Å². The van der Waals surface area contributed by atoms with Crippen molar-refractivity contribution in [1.29, 1.82) is 0 Å². The van der Waals surface area contributed by atoms with E-state index in [1.54, 1.807) is 6.92 Å². The average Bonchev–Trinajstić information content (AvgIpc) is 3.26. The first kappa shape index (κ1) is 14.3. The maximum Gasteiger partial charge on any atom is 0.325 e. The molecule has 0 spiro atoms. The lowest BCUT2D eigenvalue weighted by atomic mass is 9.96. The molecule has 3 rings (SSSR count). The monoisotopic (exact) mass is 294 g/mol. The van der Waals surface area contributed by atoms with Crippen LogP contribution < -0.4 is 16.0 Å². The summed E-state index contributed by atoms with van der Waals surface area (Å²) in [6.07, 6.45) is 3.86. The summed E-state index contributed by atoms with van der Waals surface area (Å²) in [5.74, 6) is -0.330. The summed E-state index contributed by atoms with van der Waals surface area (Å²) >= 11 is 0. The number of carbonyl (C=O) groups is 3. The van der Waals surface area contributed by atoms with Crippen molar-refractivity contribution in [3.63, 3.8) is 0 Å². The van der Waals surface area contributed by atoms with Crippen molar-refractivity contribution in [2.24, 2.45) is 5.92 Å². The van der Waals surface area contributed by atoms with Crippen LogP contribution in [0.1, 0.15) is 32.6 Å². The number of hydrogen-bond acceptors (Lipinski definition) is 4. The van der Waals surface area contributed by atoms with Gasteiger partial charge in [0.05, 0.1) is 0 Å². The standard InChI is InChI=1S/C14H22N4O3/c1-14(9-4-5-9)12(20)18(13(21)17-14)8-11(19)16-10-3-2-6-15-7-10/h9-10,15H,2-8H2,1H3,(H,16,19)(H,17,21). The Labute approximate surface area is 123 Å². The Balaban J connectivity index is 1.57. The van der Waals surface area contributed by atoms with E-state index in [9.17, 15) is 14.4 Å². The fraction of sp³-hybridized carbons (Fsp3) is 0.786. The quantitative estimate of drug-likeness (QED) is 0.614. The average molecular weight is 294 g/mol. The number of rotatable bonds is 4. The Kier molecular flexibility index (Phi) is 3.61. The maximum absolute atomic E-state index is 12.4. The third-order valence-electron chi connectivity index (χ3n) is 4.66. The summed E-state index contributed by atoms with van der Waals surface area (Å²) < 4.78 is 0. The first-order valence-electron chi connectivity index (χ1n) is 7.65. The van der Waals surface area contributed by atoms with Gasteiger partial charge >= 0.3 is 6.03 Å². The van der Waals surface area contributed by atoms with Crippen molar-refractivity contribution >= 4 is 17.8 Å². The van der Waals surface area contributed by atoms with Gasteiger partial charge in [0, 0.05) is 12.6 Å². The smallest absolute Gasteiger partial charge is 0.325 e. The molecule has 0 bridgehead atoms. The summed E-state index contributed by atoms with van der Waals surface area (Å²) in [6, 6.07) is -0.367. The number of hydrogen-bond donors (Lipinski definition) is 3. The van der Waals surface area contributed by atoms with Gasteiger partial charge in [0.1, 0.15) is 12.1 Å². The molecule has 2 saturated heterocycles. The topological polar surface area (TPSA) is 90.5 Å². The van der Waals surface area contributed by atoms with Gasteiger partial charge in [0.25, 0.3) is 5.91 Å².